The van der Waals surface area contributed by atoms with E-state index in [1.165, 1.54) is 35.2 Å². The van der Waals surface area contributed by atoms with Crippen LogP contribution in [0.1, 0.15) is 27.0 Å². The number of nitrogens with zero attached hydrogens (tertiary/aromatic N) is 2. The van der Waals surface area contributed by atoms with Gasteiger partial charge in [-0.15, -0.1) is 0 Å². The Morgan fingerprint density at radius 2 is 1.70 bits per heavy atom. The number of hydrogen-bond donors (Lipinski definition) is 3. The van der Waals surface area contributed by atoms with Gasteiger partial charge < -0.3 is 14.9 Å². The smallest absolute Gasteiger partial charge is 0.461 e. The fraction of sp³-hybridized carbons (Fsp3) is 0.129. The molecule has 0 aliphatic carbocycles. The fourth-order valence-corrected chi connectivity index (χ4v) is 4.52. The molecule has 0 radical (unpaired) electrons. The van der Waals surface area contributed by atoms with Gasteiger partial charge >= 0.3 is 18.5 Å². The van der Waals surface area contributed by atoms with Crippen LogP contribution in [0.4, 0.5) is 34.6 Å². The number of carboxylic acids is 1. The minimum atomic E-state index is -4.76. The largest absolute Gasteiger partial charge is 0.505 e. The first kappa shape index (κ1) is 29.1. The van der Waals surface area contributed by atoms with E-state index in [9.17, 15) is 37.4 Å². The van der Waals surface area contributed by atoms with E-state index in [2.05, 4.69) is 15.3 Å². The van der Waals surface area contributed by atoms with E-state index in [0.717, 1.165) is 23.3 Å². The lowest BCUT2D eigenvalue weighted by molar-refractivity contribution is -0.253. The first-order chi connectivity index (χ1) is 20.4. The van der Waals surface area contributed by atoms with Crippen LogP contribution in [-0.2, 0) is 4.79 Å². The highest BCUT2D eigenvalue weighted by Gasteiger charge is 2.44. The molecule has 0 spiro atoms. The summed E-state index contributed by atoms with van der Waals surface area (Å²) in [5.41, 5.74) is 5.72. The number of hydrogen-bond acceptors (Lipinski definition) is 6. The Morgan fingerprint density at radius 1 is 0.953 bits per heavy atom. The molecule has 0 unspecified atom stereocenters. The van der Waals surface area contributed by atoms with E-state index in [1.54, 1.807) is 36.4 Å². The van der Waals surface area contributed by atoms with E-state index < -0.39 is 30.2 Å². The lowest BCUT2D eigenvalue weighted by Crippen LogP contribution is -2.33. The molecule has 1 aliphatic rings. The number of aryl methyl sites for hydroxylation is 2. The van der Waals surface area contributed by atoms with Crippen LogP contribution in [0.3, 0.4) is 0 Å². The van der Waals surface area contributed by atoms with Crippen LogP contribution in [-0.4, -0.2) is 40.3 Å². The Balaban J connectivity index is 1.55. The number of benzene rings is 4. The Morgan fingerprint density at radius 3 is 2.40 bits per heavy atom. The third-order valence-corrected chi connectivity index (χ3v) is 6.87. The summed E-state index contributed by atoms with van der Waals surface area (Å²) < 4.78 is 57.2. The van der Waals surface area contributed by atoms with Gasteiger partial charge in [0, 0.05) is 22.9 Å². The fourth-order valence-electron chi connectivity index (χ4n) is 4.52. The number of para-hydroxylation sites is 1. The maximum absolute atomic E-state index is 13.7. The van der Waals surface area contributed by atoms with E-state index in [1.807, 2.05) is 13.8 Å². The summed E-state index contributed by atoms with van der Waals surface area (Å²) in [6.07, 6.45) is -8.83. The molecule has 1 heterocycles. The molecule has 3 N–H and O–H groups in total. The van der Waals surface area contributed by atoms with Crippen molar-refractivity contribution < 1.29 is 42.1 Å². The number of fused-ring (bicyclic) bond motifs is 1. The first-order valence-electron chi connectivity index (χ1n) is 12.8. The van der Waals surface area contributed by atoms with Gasteiger partial charge in [-0.05, 0) is 73.0 Å². The summed E-state index contributed by atoms with van der Waals surface area (Å²) in [7, 11) is 0. The van der Waals surface area contributed by atoms with Gasteiger partial charge in [0.15, 0.2) is 5.71 Å². The Kier molecular flexibility index (Phi) is 7.53. The number of aromatic hydroxyl groups is 1. The van der Waals surface area contributed by atoms with Crippen molar-refractivity contribution in [3.63, 3.8) is 0 Å². The standard InChI is InChI=1S/C31H23F4N3O5/c1-16-9-10-20(13-17(16)2)38-25-15-21(43-31(34,35)30(32)33)11-12-23(25)26(28(38)40)37-36-24-8-4-7-22(27(24)39)18-5-3-6-19(14-18)29(41)42/h3-15,30,36,39H,1-2H3,(H,41,42). The molecule has 0 bridgehead atoms. The molecule has 0 saturated carbocycles. The Labute approximate surface area is 242 Å². The van der Waals surface area contributed by atoms with Crippen molar-refractivity contribution >= 4 is 34.7 Å². The number of rotatable bonds is 8. The highest BCUT2D eigenvalue weighted by Crippen LogP contribution is 2.41. The number of ether oxygens (including phenoxy) is 1. The number of nitrogens with one attached hydrogen (secondary N) is 1. The zero-order valence-electron chi connectivity index (χ0n) is 22.6. The number of alkyl halides is 4. The third kappa shape index (κ3) is 5.59. The van der Waals surface area contributed by atoms with Gasteiger partial charge in [-0.2, -0.15) is 22.7 Å². The van der Waals surface area contributed by atoms with Gasteiger partial charge in [0.05, 0.1) is 16.9 Å². The average molecular weight is 594 g/mol. The lowest BCUT2D eigenvalue weighted by atomic mass is 10.0. The number of amides is 1. The molecule has 0 aromatic heterocycles. The SMILES string of the molecule is Cc1ccc(N2C(=O)C(=NNc3cccc(-c4cccc(C(=O)O)c4)c3O)c3ccc(OC(F)(F)C(F)F)cc32)cc1C. The first-order valence-corrected chi connectivity index (χ1v) is 12.8. The Hall–Kier alpha value is -5.39. The lowest BCUT2D eigenvalue weighted by Gasteiger charge is -2.20. The van der Waals surface area contributed by atoms with Gasteiger partial charge in [0.1, 0.15) is 11.5 Å². The summed E-state index contributed by atoms with van der Waals surface area (Å²) >= 11 is 0. The Bertz CT molecular complexity index is 1790. The maximum Gasteiger partial charge on any atom is 0.461 e. The molecule has 4 aromatic rings. The van der Waals surface area contributed by atoms with E-state index in [0.29, 0.717) is 16.8 Å². The predicted molar refractivity (Wildman–Crippen MR) is 152 cm³/mol. The average Bonchev–Trinajstić information content (AvgIpc) is 3.23. The summed E-state index contributed by atoms with van der Waals surface area (Å²) in [5, 5.41) is 24.5. The molecule has 220 valence electrons. The van der Waals surface area contributed by atoms with Crippen LogP contribution in [0.25, 0.3) is 11.1 Å². The molecular weight excluding hydrogens is 570 g/mol. The van der Waals surface area contributed by atoms with Crippen molar-refractivity contribution in [2.45, 2.75) is 26.4 Å². The second-order valence-corrected chi connectivity index (χ2v) is 9.71. The van der Waals surface area contributed by atoms with E-state index >= 15 is 0 Å². The minimum Gasteiger partial charge on any atom is -0.505 e. The second kappa shape index (κ2) is 11.1. The van der Waals surface area contributed by atoms with Crippen molar-refractivity contribution in [2.24, 2.45) is 5.10 Å². The van der Waals surface area contributed by atoms with Gasteiger partial charge in [-0.3, -0.25) is 15.1 Å². The van der Waals surface area contributed by atoms with E-state index in [-0.39, 0.29) is 34.0 Å². The van der Waals surface area contributed by atoms with Gasteiger partial charge in [0.25, 0.3) is 5.91 Å². The zero-order chi connectivity index (χ0) is 31.1. The van der Waals surface area contributed by atoms with Crippen molar-refractivity contribution in [3.05, 3.63) is 101 Å². The van der Waals surface area contributed by atoms with Crippen LogP contribution in [0.5, 0.6) is 11.5 Å². The maximum atomic E-state index is 13.7. The molecule has 8 nitrogen and oxygen atoms in total. The zero-order valence-corrected chi connectivity index (χ0v) is 22.6. The summed E-state index contributed by atoms with van der Waals surface area (Å²) in [5.74, 6) is -2.66. The number of hydrazone groups is 1. The number of anilines is 3. The van der Waals surface area contributed by atoms with E-state index in [4.69, 9.17) is 0 Å². The van der Waals surface area contributed by atoms with Crippen LogP contribution in [0.2, 0.25) is 0 Å². The molecule has 1 amide bonds. The molecule has 0 saturated heterocycles. The molecular formula is C31H23F4N3O5. The number of carbonyl (C=O) groups is 2. The van der Waals surface area contributed by atoms with Gasteiger partial charge in [0.2, 0.25) is 0 Å². The van der Waals surface area contributed by atoms with Gasteiger partial charge in [-0.1, -0.05) is 30.3 Å². The predicted octanol–water partition coefficient (Wildman–Crippen LogP) is 7.11. The number of phenols is 1. The van der Waals surface area contributed by atoms with Crippen LogP contribution in [0, 0.1) is 13.8 Å². The number of halogens is 4. The highest BCUT2D eigenvalue weighted by molar-refractivity contribution is 6.55. The van der Waals surface area contributed by atoms with Crippen LogP contribution >= 0.6 is 0 Å². The quantitative estimate of drug-likeness (QED) is 0.114. The molecule has 5 rings (SSSR count). The molecule has 43 heavy (non-hydrogen) atoms. The summed E-state index contributed by atoms with van der Waals surface area (Å²) in [6, 6.07) is 19.0. The second-order valence-electron chi connectivity index (χ2n) is 9.71. The van der Waals surface area contributed by atoms with Crippen molar-refractivity contribution in [1.82, 2.24) is 0 Å². The normalized spacial score (nSPS) is 13.9. The van der Waals surface area contributed by atoms with Crippen molar-refractivity contribution in [2.75, 3.05) is 10.3 Å². The van der Waals surface area contributed by atoms with Crippen molar-refractivity contribution in [3.8, 4) is 22.6 Å². The monoisotopic (exact) mass is 593 g/mol. The number of aromatic carboxylic acids is 1. The van der Waals surface area contributed by atoms with Crippen LogP contribution < -0.4 is 15.1 Å². The van der Waals surface area contributed by atoms with Crippen molar-refractivity contribution in [1.29, 1.82) is 0 Å². The van der Waals surface area contributed by atoms with Gasteiger partial charge in [-0.25, -0.2) is 4.79 Å². The summed E-state index contributed by atoms with van der Waals surface area (Å²) in [6.45, 7) is 3.69. The molecule has 1 aliphatic heterocycles. The number of carbonyl (C=O) groups excluding carboxylic acids is 1. The number of phenolic OH excluding ortho intramolecular Hbond substituents is 1. The topological polar surface area (TPSA) is 111 Å². The molecule has 4 aromatic carbocycles. The number of carboxylic acid groups (broad SMARTS) is 1. The highest BCUT2D eigenvalue weighted by atomic mass is 19.3. The minimum absolute atomic E-state index is 0.0183. The molecule has 0 atom stereocenters. The molecule has 12 heteroatoms. The third-order valence-electron chi connectivity index (χ3n) is 6.87. The molecule has 0 fully saturated rings. The van der Waals surface area contributed by atoms with Crippen LogP contribution in [0.15, 0.2) is 84.0 Å². The summed E-state index contributed by atoms with van der Waals surface area (Å²) in [4.78, 5) is 26.3.